The first-order valence-corrected chi connectivity index (χ1v) is 6.15. The Morgan fingerprint density at radius 1 is 1.08 bits per heavy atom. The van der Waals surface area contributed by atoms with Gasteiger partial charge < -0.3 is 9.84 Å². The third kappa shape index (κ3) is 3.94. The summed E-state index contributed by atoms with van der Waals surface area (Å²) in [5.41, 5.74) is -3.53. The SMILES string of the molecule is O=C(O)c1ccnc(C(F)(F)F)c1-c1cccc(OC(F)(F)F)c1. The molecule has 0 radical (unpaired) electrons. The molecule has 1 heterocycles. The first-order chi connectivity index (χ1) is 11.0. The molecule has 24 heavy (non-hydrogen) atoms. The minimum atomic E-state index is -5.05. The summed E-state index contributed by atoms with van der Waals surface area (Å²) in [7, 11) is 0. The van der Waals surface area contributed by atoms with Crippen LogP contribution in [0.25, 0.3) is 11.1 Å². The van der Waals surface area contributed by atoms with Gasteiger partial charge in [-0.1, -0.05) is 12.1 Å². The maximum absolute atomic E-state index is 13.1. The molecule has 2 rings (SSSR count). The van der Waals surface area contributed by atoms with E-state index in [1.165, 1.54) is 0 Å². The van der Waals surface area contributed by atoms with Gasteiger partial charge in [0.15, 0.2) is 5.69 Å². The highest BCUT2D eigenvalue weighted by molar-refractivity contribution is 5.96. The van der Waals surface area contributed by atoms with Crippen molar-refractivity contribution in [2.45, 2.75) is 12.5 Å². The van der Waals surface area contributed by atoms with Crippen molar-refractivity contribution in [3.8, 4) is 16.9 Å². The Hall–Kier alpha value is -2.78. The molecule has 0 saturated heterocycles. The minimum Gasteiger partial charge on any atom is -0.478 e. The van der Waals surface area contributed by atoms with Crippen LogP contribution < -0.4 is 4.74 Å². The number of aromatic carboxylic acids is 1. The smallest absolute Gasteiger partial charge is 0.478 e. The molecule has 0 amide bonds. The zero-order valence-corrected chi connectivity index (χ0v) is 11.4. The molecule has 0 aliphatic heterocycles. The third-order valence-corrected chi connectivity index (χ3v) is 2.81. The van der Waals surface area contributed by atoms with E-state index in [-0.39, 0.29) is 0 Å². The Kier molecular flexibility index (Phi) is 4.41. The van der Waals surface area contributed by atoms with Crippen molar-refractivity contribution < 1.29 is 41.0 Å². The number of ether oxygens (including phenoxy) is 1. The number of carboxylic acids is 1. The van der Waals surface area contributed by atoms with Gasteiger partial charge in [-0.2, -0.15) is 13.2 Å². The molecule has 10 heteroatoms. The van der Waals surface area contributed by atoms with E-state index in [9.17, 15) is 31.1 Å². The molecule has 0 atom stereocenters. The van der Waals surface area contributed by atoms with Gasteiger partial charge in [-0.15, -0.1) is 13.2 Å². The highest BCUT2D eigenvalue weighted by atomic mass is 19.4. The van der Waals surface area contributed by atoms with Crippen molar-refractivity contribution in [2.75, 3.05) is 0 Å². The lowest BCUT2D eigenvalue weighted by molar-refractivity contribution is -0.274. The van der Waals surface area contributed by atoms with E-state index in [2.05, 4.69) is 9.72 Å². The van der Waals surface area contributed by atoms with Gasteiger partial charge in [-0.3, -0.25) is 4.98 Å². The average molecular weight is 351 g/mol. The molecule has 0 fully saturated rings. The molecule has 0 saturated carbocycles. The van der Waals surface area contributed by atoms with Gasteiger partial charge in [0.25, 0.3) is 0 Å². The van der Waals surface area contributed by atoms with E-state index < -0.39 is 46.6 Å². The number of aromatic nitrogens is 1. The zero-order valence-electron chi connectivity index (χ0n) is 11.4. The summed E-state index contributed by atoms with van der Waals surface area (Å²) >= 11 is 0. The van der Waals surface area contributed by atoms with Gasteiger partial charge >= 0.3 is 18.5 Å². The summed E-state index contributed by atoms with van der Waals surface area (Å²) in [6.07, 6.45) is -9.39. The van der Waals surface area contributed by atoms with Crippen LogP contribution >= 0.6 is 0 Å². The van der Waals surface area contributed by atoms with E-state index in [0.717, 1.165) is 24.3 Å². The summed E-state index contributed by atoms with van der Waals surface area (Å²) < 4.78 is 79.6. The first-order valence-electron chi connectivity index (χ1n) is 6.15. The number of carbonyl (C=O) groups is 1. The number of benzene rings is 1. The van der Waals surface area contributed by atoms with Crippen LogP contribution in [-0.4, -0.2) is 22.4 Å². The topological polar surface area (TPSA) is 59.4 Å². The fraction of sp³-hybridized carbons (Fsp3) is 0.143. The Labute approximate surface area is 130 Å². The fourth-order valence-electron chi connectivity index (χ4n) is 2.00. The van der Waals surface area contributed by atoms with Gasteiger partial charge in [0.05, 0.1) is 5.56 Å². The summed E-state index contributed by atoms with van der Waals surface area (Å²) in [6, 6.07) is 4.40. The van der Waals surface area contributed by atoms with Crippen molar-refractivity contribution in [3.63, 3.8) is 0 Å². The van der Waals surface area contributed by atoms with Crippen LogP contribution in [0.3, 0.4) is 0 Å². The number of carboxylic acid groups (broad SMARTS) is 1. The molecule has 0 bridgehead atoms. The summed E-state index contributed by atoms with van der Waals surface area (Å²) in [4.78, 5) is 14.3. The predicted molar refractivity (Wildman–Crippen MR) is 68.3 cm³/mol. The second-order valence-electron chi connectivity index (χ2n) is 4.46. The molecule has 1 aromatic carbocycles. The number of rotatable bonds is 3. The van der Waals surface area contributed by atoms with Crippen LogP contribution in [0.2, 0.25) is 0 Å². The van der Waals surface area contributed by atoms with Crippen molar-refractivity contribution in [1.82, 2.24) is 4.98 Å². The first kappa shape index (κ1) is 17.6. The second-order valence-corrected chi connectivity index (χ2v) is 4.46. The predicted octanol–water partition coefficient (Wildman–Crippen LogP) is 4.36. The lowest BCUT2D eigenvalue weighted by Gasteiger charge is -2.15. The molecule has 2 aromatic rings. The Morgan fingerprint density at radius 3 is 2.29 bits per heavy atom. The van der Waals surface area contributed by atoms with E-state index in [1.807, 2.05) is 0 Å². The van der Waals surface area contributed by atoms with E-state index >= 15 is 0 Å². The summed E-state index contributed by atoms with van der Waals surface area (Å²) in [5.74, 6) is -2.46. The van der Waals surface area contributed by atoms with Crippen molar-refractivity contribution in [2.24, 2.45) is 0 Å². The quantitative estimate of drug-likeness (QED) is 0.835. The molecular formula is C14H7F6NO3. The highest BCUT2D eigenvalue weighted by Gasteiger charge is 2.38. The van der Waals surface area contributed by atoms with Gasteiger partial charge in [0.1, 0.15) is 5.75 Å². The highest BCUT2D eigenvalue weighted by Crippen LogP contribution is 2.38. The largest absolute Gasteiger partial charge is 0.573 e. The Balaban J connectivity index is 2.67. The molecule has 0 unspecified atom stereocenters. The zero-order chi connectivity index (χ0) is 18.1. The summed E-state index contributed by atoms with van der Waals surface area (Å²) in [5, 5.41) is 9.07. The molecule has 128 valence electrons. The molecule has 0 aliphatic carbocycles. The number of alkyl halides is 6. The summed E-state index contributed by atoms with van der Waals surface area (Å²) in [6.45, 7) is 0. The number of hydrogen-bond acceptors (Lipinski definition) is 3. The van der Waals surface area contributed by atoms with Gasteiger partial charge in [-0.25, -0.2) is 4.79 Å². The third-order valence-electron chi connectivity index (χ3n) is 2.81. The molecule has 0 aliphatic rings. The maximum atomic E-state index is 13.1. The number of nitrogens with zero attached hydrogens (tertiary/aromatic N) is 1. The molecule has 0 spiro atoms. The average Bonchev–Trinajstić information content (AvgIpc) is 2.44. The number of halogens is 6. The van der Waals surface area contributed by atoms with Crippen molar-refractivity contribution in [1.29, 1.82) is 0 Å². The van der Waals surface area contributed by atoms with Gasteiger partial charge in [-0.05, 0) is 23.8 Å². The lowest BCUT2D eigenvalue weighted by Crippen LogP contribution is -2.17. The fourth-order valence-corrected chi connectivity index (χ4v) is 2.00. The van der Waals surface area contributed by atoms with Crippen LogP contribution in [0.1, 0.15) is 16.1 Å². The van der Waals surface area contributed by atoms with E-state index in [0.29, 0.717) is 12.3 Å². The normalized spacial score (nSPS) is 12.1. The number of hydrogen-bond donors (Lipinski definition) is 1. The van der Waals surface area contributed by atoms with E-state index in [1.54, 1.807) is 0 Å². The van der Waals surface area contributed by atoms with Crippen LogP contribution in [0.4, 0.5) is 26.3 Å². The monoisotopic (exact) mass is 351 g/mol. The van der Waals surface area contributed by atoms with Crippen LogP contribution in [-0.2, 0) is 6.18 Å². The van der Waals surface area contributed by atoms with E-state index in [4.69, 9.17) is 5.11 Å². The van der Waals surface area contributed by atoms with Crippen molar-refractivity contribution in [3.05, 3.63) is 47.8 Å². The molecule has 4 nitrogen and oxygen atoms in total. The number of pyridine rings is 1. The van der Waals surface area contributed by atoms with Crippen molar-refractivity contribution >= 4 is 5.97 Å². The second kappa shape index (κ2) is 6.02. The lowest BCUT2D eigenvalue weighted by atomic mass is 9.97. The Bertz CT molecular complexity index is 770. The Morgan fingerprint density at radius 2 is 1.75 bits per heavy atom. The van der Waals surface area contributed by atoms with Gasteiger partial charge in [0, 0.05) is 11.8 Å². The molecular weight excluding hydrogens is 344 g/mol. The van der Waals surface area contributed by atoms with Gasteiger partial charge in [0.2, 0.25) is 0 Å². The maximum Gasteiger partial charge on any atom is 0.573 e. The molecule has 1 N–H and O–H groups in total. The standard InChI is InChI=1S/C14H7F6NO3/c15-13(16,17)11-10(9(12(22)23)4-5-21-11)7-2-1-3-8(6-7)24-14(18,19)20/h1-6H,(H,22,23). The molecule has 1 aromatic heterocycles. The van der Waals surface area contributed by atoms with Crippen LogP contribution in [0, 0.1) is 0 Å². The minimum absolute atomic E-state index is 0.422. The van der Waals surface area contributed by atoms with Crippen LogP contribution in [0.5, 0.6) is 5.75 Å². The van der Waals surface area contributed by atoms with Crippen LogP contribution in [0.15, 0.2) is 36.5 Å².